The molecule has 0 fully saturated rings. The Morgan fingerprint density at radius 2 is 2.18 bits per heavy atom. The van der Waals surface area contributed by atoms with Gasteiger partial charge in [-0.2, -0.15) is 0 Å². The zero-order chi connectivity index (χ0) is 8.69. The first kappa shape index (κ1) is 9.92. The molecule has 11 heavy (non-hydrogen) atoms. The highest BCUT2D eigenvalue weighted by molar-refractivity contribution is 5.25. The van der Waals surface area contributed by atoms with E-state index in [4.69, 9.17) is 5.73 Å². The second-order valence-corrected chi connectivity index (χ2v) is 2.34. The zero-order valence-electron chi connectivity index (χ0n) is 7.01. The second-order valence-electron chi connectivity index (χ2n) is 2.34. The Labute approximate surface area is 68.6 Å². The van der Waals surface area contributed by atoms with Crippen LogP contribution in [-0.2, 0) is 0 Å². The Morgan fingerprint density at radius 1 is 1.55 bits per heavy atom. The van der Waals surface area contributed by atoms with Crippen LogP contribution in [0.15, 0.2) is 48.6 Å². The summed E-state index contributed by atoms with van der Waals surface area (Å²) < 4.78 is 0. The maximum Gasteiger partial charge on any atom is 0.0172 e. The fraction of sp³-hybridized carbons (Fsp3) is 0.200. The SMILES string of the molecule is C=C/C(C)=C/C=C\C(=C)CN. The van der Waals surface area contributed by atoms with Crippen molar-refractivity contribution in [3.05, 3.63) is 48.6 Å². The van der Waals surface area contributed by atoms with Gasteiger partial charge in [0.05, 0.1) is 0 Å². The summed E-state index contributed by atoms with van der Waals surface area (Å²) in [6, 6.07) is 0. The molecule has 0 aromatic carbocycles. The molecular weight excluding hydrogens is 134 g/mol. The van der Waals surface area contributed by atoms with Gasteiger partial charge in [0.1, 0.15) is 0 Å². The molecule has 0 aromatic rings. The minimum Gasteiger partial charge on any atom is -0.327 e. The van der Waals surface area contributed by atoms with Crippen LogP contribution < -0.4 is 5.73 Å². The highest BCUT2D eigenvalue weighted by Crippen LogP contribution is 1.95. The Kier molecular flexibility index (Phi) is 5.13. The Bertz CT molecular complexity index is 197. The standard InChI is InChI=1S/C10H15N/c1-4-9(2)6-5-7-10(3)8-11/h4-7H,1,3,8,11H2,2H3/b7-5-,9-6+. The Morgan fingerprint density at radius 3 is 2.64 bits per heavy atom. The van der Waals surface area contributed by atoms with E-state index in [0.717, 1.165) is 11.1 Å². The molecule has 0 saturated carbocycles. The van der Waals surface area contributed by atoms with E-state index in [-0.39, 0.29) is 0 Å². The molecule has 0 rings (SSSR count). The van der Waals surface area contributed by atoms with Gasteiger partial charge in [-0.3, -0.25) is 0 Å². The first-order chi connectivity index (χ1) is 5.20. The Hall–Kier alpha value is -1.08. The molecule has 1 heteroatoms. The van der Waals surface area contributed by atoms with Crippen LogP contribution in [0.25, 0.3) is 0 Å². The number of hydrogen-bond donors (Lipinski definition) is 1. The summed E-state index contributed by atoms with van der Waals surface area (Å²) in [4.78, 5) is 0. The molecule has 0 amide bonds. The molecule has 0 heterocycles. The van der Waals surface area contributed by atoms with Gasteiger partial charge in [-0.25, -0.2) is 0 Å². The van der Waals surface area contributed by atoms with Gasteiger partial charge in [-0.15, -0.1) is 0 Å². The zero-order valence-corrected chi connectivity index (χ0v) is 7.01. The molecular formula is C10H15N. The van der Waals surface area contributed by atoms with Crippen molar-refractivity contribution in [1.82, 2.24) is 0 Å². The van der Waals surface area contributed by atoms with Gasteiger partial charge in [-0.1, -0.05) is 43.0 Å². The summed E-state index contributed by atoms with van der Waals surface area (Å²) in [5.41, 5.74) is 7.39. The molecule has 0 aliphatic heterocycles. The summed E-state index contributed by atoms with van der Waals surface area (Å²) in [6.45, 7) is 9.86. The van der Waals surface area contributed by atoms with Crippen LogP contribution in [0.4, 0.5) is 0 Å². The van der Waals surface area contributed by atoms with Crippen molar-refractivity contribution in [1.29, 1.82) is 0 Å². The van der Waals surface area contributed by atoms with Crippen molar-refractivity contribution in [2.45, 2.75) is 6.92 Å². The van der Waals surface area contributed by atoms with E-state index in [9.17, 15) is 0 Å². The van der Waals surface area contributed by atoms with Gasteiger partial charge in [0, 0.05) is 6.54 Å². The summed E-state index contributed by atoms with van der Waals surface area (Å²) in [7, 11) is 0. The molecule has 1 nitrogen and oxygen atoms in total. The second kappa shape index (κ2) is 5.69. The molecule has 0 aliphatic rings. The largest absolute Gasteiger partial charge is 0.327 e. The number of allylic oxidation sites excluding steroid dienone is 4. The van der Waals surface area contributed by atoms with Crippen molar-refractivity contribution in [2.75, 3.05) is 6.54 Å². The lowest BCUT2D eigenvalue weighted by Gasteiger charge is -1.89. The van der Waals surface area contributed by atoms with E-state index in [2.05, 4.69) is 13.2 Å². The molecule has 0 unspecified atom stereocenters. The lowest BCUT2D eigenvalue weighted by molar-refractivity contribution is 1.20. The normalized spacial score (nSPS) is 12.0. The van der Waals surface area contributed by atoms with Gasteiger partial charge < -0.3 is 5.73 Å². The fourth-order valence-corrected chi connectivity index (χ4v) is 0.472. The first-order valence-electron chi connectivity index (χ1n) is 3.56. The summed E-state index contributed by atoms with van der Waals surface area (Å²) in [5, 5.41) is 0. The molecule has 0 radical (unpaired) electrons. The minimum absolute atomic E-state index is 0.511. The average molecular weight is 149 g/mol. The Balaban J connectivity index is 3.95. The molecule has 0 saturated heterocycles. The third-order valence-corrected chi connectivity index (χ3v) is 1.28. The maximum atomic E-state index is 5.33. The van der Waals surface area contributed by atoms with Gasteiger partial charge in [-0.05, 0) is 12.5 Å². The van der Waals surface area contributed by atoms with Crippen LogP contribution in [0.3, 0.4) is 0 Å². The van der Waals surface area contributed by atoms with E-state index in [1.165, 1.54) is 0 Å². The van der Waals surface area contributed by atoms with Crippen LogP contribution in [0, 0.1) is 0 Å². The summed E-state index contributed by atoms with van der Waals surface area (Å²) >= 11 is 0. The molecule has 0 aromatic heterocycles. The molecule has 60 valence electrons. The third-order valence-electron chi connectivity index (χ3n) is 1.28. The van der Waals surface area contributed by atoms with E-state index in [0.29, 0.717) is 6.54 Å². The number of rotatable bonds is 4. The lowest BCUT2D eigenvalue weighted by Crippen LogP contribution is -1.98. The average Bonchev–Trinajstić information content (AvgIpc) is 2.04. The highest BCUT2D eigenvalue weighted by Gasteiger charge is 1.79. The van der Waals surface area contributed by atoms with E-state index in [1.807, 2.05) is 25.2 Å². The van der Waals surface area contributed by atoms with Crippen molar-refractivity contribution in [3.63, 3.8) is 0 Å². The molecule has 0 atom stereocenters. The minimum atomic E-state index is 0.511. The van der Waals surface area contributed by atoms with E-state index < -0.39 is 0 Å². The van der Waals surface area contributed by atoms with Gasteiger partial charge in [0.15, 0.2) is 0 Å². The van der Waals surface area contributed by atoms with Crippen LogP contribution >= 0.6 is 0 Å². The summed E-state index contributed by atoms with van der Waals surface area (Å²) in [5.74, 6) is 0. The maximum absolute atomic E-state index is 5.33. The van der Waals surface area contributed by atoms with Crippen LogP contribution in [-0.4, -0.2) is 6.54 Å². The molecule has 0 aliphatic carbocycles. The quantitative estimate of drug-likeness (QED) is 0.609. The van der Waals surface area contributed by atoms with Crippen LogP contribution in [0.2, 0.25) is 0 Å². The summed E-state index contributed by atoms with van der Waals surface area (Å²) in [6.07, 6.45) is 7.59. The van der Waals surface area contributed by atoms with E-state index in [1.54, 1.807) is 6.08 Å². The first-order valence-corrected chi connectivity index (χ1v) is 3.56. The monoisotopic (exact) mass is 149 g/mol. The predicted molar refractivity (Wildman–Crippen MR) is 51.3 cm³/mol. The van der Waals surface area contributed by atoms with Crippen molar-refractivity contribution in [2.24, 2.45) is 5.73 Å². The van der Waals surface area contributed by atoms with Gasteiger partial charge in [0.25, 0.3) is 0 Å². The molecule has 0 bridgehead atoms. The highest BCUT2D eigenvalue weighted by atomic mass is 14.5. The van der Waals surface area contributed by atoms with Crippen LogP contribution in [0.5, 0.6) is 0 Å². The van der Waals surface area contributed by atoms with Gasteiger partial charge in [0.2, 0.25) is 0 Å². The smallest absolute Gasteiger partial charge is 0.0172 e. The number of hydrogen-bond acceptors (Lipinski definition) is 1. The lowest BCUT2D eigenvalue weighted by atomic mass is 10.2. The third kappa shape index (κ3) is 5.37. The predicted octanol–water partition coefficient (Wildman–Crippen LogP) is 2.19. The molecule has 2 N–H and O–H groups in total. The fourth-order valence-electron chi connectivity index (χ4n) is 0.472. The molecule has 0 spiro atoms. The van der Waals surface area contributed by atoms with Crippen molar-refractivity contribution >= 4 is 0 Å². The number of nitrogens with two attached hydrogens (primary N) is 1. The van der Waals surface area contributed by atoms with Crippen molar-refractivity contribution < 1.29 is 0 Å². The van der Waals surface area contributed by atoms with E-state index >= 15 is 0 Å². The van der Waals surface area contributed by atoms with Crippen molar-refractivity contribution in [3.8, 4) is 0 Å². The van der Waals surface area contributed by atoms with Crippen LogP contribution in [0.1, 0.15) is 6.92 Å². The van der Waals surface area contributed by atoms with Gasteiger partial charge >= 0.3 is 0 Å². The topological polar surface area (TPSA) is 26.0 Å².